The van der Waals surface area contributed by atoms with E-state index in [1.165, 1.54) is 10.8 Å². The molecule has 0 spiro atoms. The fraction of sp³-hybridized carbons (Fsp3) is 0.357. The Bertz CT molecular complexity index is 1210. The third-order valence-electron chi connectivity index (χ3n) is 4.27. The van der Waals surface area contributed by atoms with Crippen molar-refractivity contribution >= 4 is 46.5 Å². The standard InChI is InChI=1S/C14H18NO13P3S.3H3N/c16-11-10(7-25-30(21,22)28-31(23,24)27-29(18,19)20)26-13(12(11)17)15-6-5-8-3-1-2-4-9(8)14(15)32;;;/h1-6,10-13,16-17H,7H2,(H,21,22)(H,23,24)(H2,18,19,20);3*1H3/t10-,11+,12+,13-;;;/m0.../s1. The van der Waals surface area contributed by atoms with Gasteiger partial charge in [-0.3, -0.25) is 4.52 Å². The Morgan fingerprint density at radius 2 is 1.51 bits per heavy atom. The molecule has 15 N–H and O–H groups in total. The molecule has 0 saturated carbocycles. The van der Waals surface area contributed by atoms with Gasteiger partial charge >= 0.3 is 23.5 Å². The van der Waals surface area contributed by atoms with Gasteiger partial charge in [0.15, 0.2) is 6.23 Å². The van der Waals surface area contributed by atoms with E-state index in [1.54, 1.807) is 18.2 Å². The van der Waals surface area contributed by atoms with Gasteiger partial charge in [-0.2, -0.15) is 8.62 Å². The number of nitrogens with zero attached hydrogens (tertiary/aromatic N) is 1. The summed E-state index contributed by atoms with van der Waals surface area (Å²) in [7, 11) is -16.6. The van der Waals surface area contributed by atoms with Crippen LogP contribution in [0, 0.1) is 4.64 Å². The van der Waals surface area contributed by atoms with Gasteiger partial charge < -0.3 is 57.5 Å². The average Bonchev–Trinajstić information content (AvgIpc) is 2.92. The fourth-order valence-corrected chi connectivity index (χ4v) is 6.35. The lowest BCUT2D eigenvalue weighted by Crippen LogP contribution is -2.33. The van der Waals surface area contributed by atoms with Crippen molar-refractivity contribution in [2.75, 3.05) is 6.61 Å². The van der Waals surface area contributed by atoms with E-state index >= 15 is 0 Å². The first-order chi connectivity index (χ1) is 14.7. The topological polar surface area (TPSA) is 319 Å². The predicted octanol–water partition coefficient (Wildman–Crippen LogP) is 1.82. The van der Waals surface area contributed by atoms with E-state index in [9.17, 15) is 28.8 Å². The van der Waals surface area contributed by atoms with Crippen LogP contribution in [0.1, 0.15) is 6.23 Å². The van der Waals surface area contributed by atoms with Crippen LogP contribution in [0.5, 0.6) is 0 Å². The fourth-order valence-electron chi connectivity index (χ4n) is 2.97. The molecule has 17 nitrogen and oxygen atoms in total. The van der Waals surface area contributed by atoms with E-state index < -0.39 is 54.6 Å². The van der Waals surface area contributed by atoms with Gasteiger partial charge in [-0.25, -0.2) is 13.7 Å². The Morgan fingerprint density at radius 1 is 0.914 bits per heavy atom. The SMILES string of the molecule is N.N.N.O=P(O)(O)OP(=O)(O)OP(=O)(O)OC[C@@H]1O[C@H](n2ccc3ccccc3c2=S)[C@H](O)[C@@H]1O. The van der Waals surface area contributed by atoms with E-state index in [-0.39, 0.29) is 23.1 Å². The largest absolute Gasteiger partial charge is 0.490 e. The molecule has 1 fully saturated rings. The molecule has 0 aliphatic carbocycles. The zero-order valence-corrected chi connectivity index (χ0v) is 21.3. The first kappa shape index (κ1) is 34.0. The summed E-state index contributed by atoms with van der Waals surface area (Å²) in [5.41, 5.74) is 0. The Balaban J connectivity index is 0.00000385. The van der Waals surface area contributed by atoms with Crippen LogP contribution >= 0.6 is 35.7 Å². The van der Waals surface area contributed by atoms with E-state index in [2.05, 4.69) is 13.1 Å². The van der Waals surface area contributed by atoms with Crippen molar-refractivity contribution in [1.29, 1.82) is 0 Å². The molecule has 21 heteroatoms. The number of hydrogen-bond acceptors (Lipinski definition) is 13. The van der Waals surface area contributed by atoms with E-state index in [4.69, 9.17) is 31.6 Å². The summed E-state index contributed by atoms with van der Waals surface area (Å²) < 4.78 is 52.7. The molecule has 2 aromatic rings. The van der Waals surface area contributed by atoms with Crippen molar-refractivity contribution in [1.82, 2.24) is 23.0 Å². The van der Waals surface area contributed by atoms with Gasteiger partial charge in [0.2, 0.25) is 0 Å². The summed E-state index contributed by atoms with van der Waals surface area (Å²) >= 11 is 5.41. The third-order valence-corrected chi connectivity index (χ3v) is 8.50. The second kappa shape index (κ2) is 12.5. The third kappa shape index (κ3) is 8.53. The van der Waals surface area contributed by atoms with Gasteiger partial charge in [-0.15, -0.1) is 0 Å². The molecule has 1 aliphatic heterocycles. The molecule has 1 aromatic heterocycles. The zero-order chi connectivity index (χ0) is 23.9. The van der Waals surface area contributed by atoms with Gasteiger partial charge in [-0.05, 0) is 11.5 Å². The predicted molar refractivity (Wildman–Crippen MR) is 124 cm³/mol. The second-order valence-corrected chi connectivity index (χ2v) is 11.4. The van der Waals surface area contributed by atoms with Crippen LogP contribution < -0.4 is 18.5 Å². The number of pyridine rings is 1. The lowest BCUT2D eigenvalue weighted by atomic mass is 10.1. The zero-order valence-electron chi connectivity index (χ0n) is 17.8. The molecule has 6 atom stereocenters. The van der Waals surface area contributed by atoms with Crippen LogP contribution in [0.2, 0.25) is 0 Å². The van der Waals surface area contributed by atoms with Gasteiger partial charge in [-0.1, -0.05) is 36.5 Å². The minimum Gasteiger partial charge on any atom is -0.387 e. The number of phosphoric ester groups is 1. The van der Waals surface area contributed by atoms with Crippen molar-refractivity contribution in [2.45, 2.75) is 24.5 Å². The number of fused-ring (bicyclic) bond motifs is 1. The monoisotopic (exact) mass is 584 g/mol. The number of aliphatic hydroxyl groups excluding tert-OH is 2. The first-order valence-corrected chi connectivity index (χ1v) is 13.5. The Labute approximate surface area is 203 Å². The number of hydrogen-bond donors (Lipinski definition) is 9. The van der Waals surface area contributed by atoms with Gasteiger partial charge in [0, 0.05) is 11.6 Å². The van der Waals surface area contributed by atoms with Crippen LogP contribution in [0.15, 0.2) is 36.5 Å². The number of ether oxygens (including phenoxy) is 1. The molecule has 2 heterocycles. The van der Waals surface area contributed by atoms with Crippen molar-refractivity contribution in [3.8, 4) is 0 Å². The van der Waals surface area contributed by atoms with Crippen molar-refractivity contribution in [2.24, 2.45) is 0 Å². The minimum absolute atomic E-state index is 0. The summed E-state index contributed by atoms with van der Waals surface area (Å²) in [5, 5.41) is 22.1. The molecule has 202 valence electrons. The number of aromatic nitrogens is 1. The van der Waals surface area contributed by atoms with Gasteiger partial charge in [0.25, 0.3) is 0 Å². The Kier molecular flexibility index (Phi) is 12.2. The van der Waals surface area contributed by atoms with Crippen molar-refractivity contribution in [3.63, 3.8) is 0 Å². The molecule has 0 bridgehead atoms. The number of phosphoric acid groups is 3. The number of benzene rings is 1. The molecule has 0 amide bonds. The lowest BCUT2D eigenvalue weighted by Gasteiger charge is -2.20. The average molecular weight is 584 g/mol. The molecular weight excluding hydrogens is 557 g/mol. The summed E-state index contributed by atoms with van der Waals surface area (Å²) in [6, 6.07) is 8.84. The number of rotatable bonds is 8. The second-order valence-electron chi connectivity index (χ2n) is 6.55. The van der Waals surface area contributed by atoms with Crippen molar-refractivity contribution < 1.29 is 61.4 Å². The molecular formula is C14H27N4O13P3S. The molecule has 1 aromatic carbocycles. The van der Waals surface area contributed by atoms with Crippen LogP contribution in [-0.2, 0) is 31.6 Å². The maximum Gasteiger partial charge on any atom is 0.490 e. The summed E-state index contributed by atoms with van der Waals surface area (Å²) in [5.74, 6) is 0. The lowest BCUT2D eigenvalue weighted by molar-refractivity contribution is -0.0525. The Hall–Kier alpha value is -0.980. The molecule has 0 radical (unpaired) electrons. The maximum atomic E-state index is 11.8. The highest BCUT2D eigenvalue weighted by molar-refractivity contribution is 7.71. The summed E-state index contributed by atoms with van der Waals surface area (Å²) in [6.45, 7) is -0.917. The summed E-state index contributed by atoms with van der Waals surface area (Å²) in [4.78, 5) is 35.7. The summed E-state index contributed by atoms with van der Waals surface area (Å²) in [6.07, 6.45) is -4.24. The van der Waals surface area contributed by atoms with Gasteiger partial charge in [0.05, 0.1) is 6.61 Å². The van der Waals surface area contributed by atoms with E-state index in [1.807, 2.05) is 12.1 Å². The quantitative estimate of drug-likeness (QED) is 0.158. The minimum atomic E-state index is -5.69. The molecule has 1 saturated heterocycles. The molecule has 1 aliphatic rings. The van der Waals surface area contributed by atoms with E-state index in [0.29, 0.717) is 5.39 Å². The first-order valence-electron chi connectivity index (χ1n) is 8.59. The molecule has 2 unspecified atom stereocenters. The highest BCUT2D eigenvalue weighted by Gasteiger charge is 2.46. The van der Waals surface area contributed by atoms with Crippen LogP contribution in [-0.4, -0.2) is 59.3 Å². The van der Waals surface area contributed by atoms with Crippen LogP contribution in [0.3, 0.4) is 0 Å². The van der Waals surface area contributed by atoms with E-state index in [0.717, 1.165) is 5.39 Å². The molecule has 3 rings (SSSR count). The highest BCUT2D eigenvalue weighted by Crippen LogP contribution is 2.66. The smallest absolute Gasteiger partial charge is 0.387 e. The van der Waals surface area contributed by atoms with Crippen LogP contribution in [0.4, 0.5) is 0 Å². The van der Waals surface area contributed by atoms with Crippen LogP contribution in [0.25, 0.3) is 10.8 Å². The number of aliphatic hydroxyl groups is 2. The molecule has 35 heavy (non-hydrogen) atoms. The highest BCUT2D eigenvalue weighted by atomic mass is 32.1. The Morgan fingerprint density at radius 3 is 2.11 bits per heavy atom. The maximum absolute atomic E-state index is 11.8. The normalized spacial score (nSPS) is 25.4. The van der Waals surface area contributed by atoms with Gasteiger partial charge in [0.1, 0.15) is 23.0 Å². The van der Waals surface area contributed by atoms with Crippen molar-refractivity contribution in [3.05, 3.63) is 41.2 Å².